The molecule has 0 aliphatic rings. The van der Waals surface area contributed by atoms with Crippen LogP contribution in [-0.4, -0.2) is 40.3 Å². The molecule has 0 radical (unpaired) electrons. The molecule has 9 nitrogen and oxygen atoms in total. The number of carbonyl (C=O) groups is 2. The molecule has 1 unspecified atom stereocenters. The van der Waals surface area contributed by atoms with Crippen molar-refractivity contribution in [3.63, 3.8) is 0 Å². The Bertz CT molecular complexity index is 1240. The third kappa shape index (κ3) is 6.92. The van der Waals surface area contributed by atoms with Gasteiger partial charge in [0.2, 0.25) is 11.9 Å². The van der Waals surface area contributed by atoms with Crippen LogP contribution in [-0.2, 0) is 27.3 Å². The van der Waals surface area contributed by atoms with Crippen molar-refractivity contribution in [2.75, 3.05) is 28.4 Å². The third-order valence-corrected chi connectivity index (χ3v) is 5.53. The van der Waals surface area contributed by atoms with Crippen LogP contribution in [0.15, 0.2) is 60.7 Å². The second-order valence-electron chi connectivity index (χ2n) is 7.88. The summed E-state index contributed by atoms with van der Waals surface area (Å²) in [7, 11) is 6.07. The van der Waals surface area contributed by atoms with E-state index in [-0.39, 0.29) is 13.0 Å². The predicted octanol–water partition coefficient (Wildman–Crippen LogP) is 3.74. The SMILES string of the molecule is COc1ccc(CC(=O)OC(C(=O)NCc2cc(OC)c(OC)c(OC)c2)c2ccc(C#N)cc2)cc1. The van der Waals surface area contributed by atoms with Crippen molar-refractivity contribution in [3.8, 4) is 29.1 Å². The summed E-state index contributed by atoms with van der Waals surface area (Å²) in [6.07, 6.45) is -1.25. The van der Waals surface area contributed by atoms with Crippen molar-refractivity contribution < 1.29 is 33.3 Å². The summed E-state index contributed by atoms with van der Waals surface area (Å²) in [4.78, 5) is 26.0. The number of nitriles is 1. The van der Waals surface area contributed by atoms with Crippen LogP contribution in [0, 0.1) is 11.3 Å². The minimum atomic E-state index is -1.22. The molecule has 192 valence electrons. The molecule has 0 heterocycles. The second kappa shape index (κ2) is 12.8. The van der Waals surface area contributed by atoms with Crippen LogP contribution in [0.3, 0.4) is 0 Å². The number of ether oxygens (including phenoxy) is 5. The number of amides is 1. The Morgan fingerprint density at radius 3 is 1.97 bits per heavy atom. The van der Waals surface area contributed by atoms with Gasteiger partial charge in [0.15, 0.2) is 11.5 Å². The fraction of sp³-hybridized carbons (Fsp3) is 0.250. The Balaban J connectivity index is 1.79. The first kappa shape index (κ1) is 26.9. The fourth-order valence-corrected chi connectivity index (χ4v) is 3.61. The minimum absolute atomic E-state index is 0.0308. The number of esters is 1. The quantitative estimate of drug-likeness (QED) is 0.393. The maximum absolute atomic E-state index is 13.2. The van der Waals surface area contributed by atoms with Gasteiger partial charge in [-0.1, -0.05) is 24.3 Å². The molecule has 0 spiro atoms. The highest BCUT2D eigenvalue weighted by atomic mass is 16.5. The molecule has 0 fully saturated rings. The van der Waals surface area contributed by atoms with E-state index in [1.54, 1.807) is 67.8 Å². The first-order valence-corrected chi connectivity index (χ1v) is 11.3. The highest BCUT2D eigenvalue weighted by molar-refractivity contribution is 5.85. The van der Waals surface area contributed by atoms with E-state index in [9.17, 15) is 9.59 Å². The molecule has 3 aromatic rings. The lowest BCUT2D eigenvalue weighted by Crippen LogP contribution is -2.32. The van der Waals surface area contributed by atoms with Crippen molar-refractivity contribution in [2.24, 2.45) is 0 Å². The molecule has 3 rings (SSSR count). The van der Waals surface area contributed by atoms with Gasteiger partial charge in [-0.25, -0.2) is 0 Å². The van der Waals surface area contributed by atoms with E-state index in [1.807, 2.05) is 6.07 Å². The van der Waals surface area contributed by atoms with Gasteiger partial charge in [0.25, 0.3) is 5.91 Å². The molecular formula is C28H28N2O7. The Hall–Kier alpha value is -4.71. The van der Waals surface area contributed by atoms with Gasteiger partial charge in [0.1, 0.15) is 5.75 Å². The van der Waals surface area contributed by atoms with E-state index < -0.39 is 18.0 Å². The van der Waals surface area contributed by atoms with Crippen molar-refractivity contribution in [2.45, 2.75) is 19.1 Å². The molecule has 1 N–H and O–H groups in total. The number of hydrogen-bond acceptors (Lipinski definition) is 8. The maximum atomic E-state index is 13.2. The van der Waals surface area contributed by atoms with Crippen molar-refractivity contribution in [1.82, 2.24) is 5.32 Å². The van der Waals surface area contributed by atoms with E-state index >= 15 is 0 Å². The Morgan fingerprint density at radius 2 is 1.46 bits per heavy atom. The maximum Gasteiger partial charge on any atom is 0.311 e. The number of carbonyl (C=O) groups excluding carboxylic acids is 2. The van der Waals surface area contributed by atoms with Crippen LogP contribution in [0.2, 0.25) is 0 Å². The molecule has 0 saturated carbocycles. The summed E-state index contributed by atoms with van der Waals surface area (Å²) in [6, 6.07) is 18.7. The lowest BCUT2D eigenvalue weighted by Gasteiger charge is -2.19. The number of rotatable bonds is 11. The molecule has 0 aliphatic heterocycles. The van der Waals surface area contributed by atoms with Gasteiger partial charge < -0.3 is 29.0 Å². The van der Waals surface area contributed by atoms with Gasteiger partial charge >= 0.3 is 5.97 Å². The molecule has 37 heavy (non-hydrogen) atoms. The van der Waals surface area contributed by atoms with Gasteiger partial charge in [-0.05, 0) is 47.5 Å². The lowest BCUT2D eigenvalue weighted by atomic mass is 10.1. The van der Waals surface area contributed by atoms with Crippen LogP contribution in [0.1, 0.15) is 28.4 Å². The molecule has 0 bridgehead atoms. The molecular weight excluding hydrogens is 476 g/mol. The van der Waals surface area contributed by atoms with Gasteiger partial charge in [-0.2, -0.15) is 5.26 Å². The highest BCUT2D eigenvalue weighted by Crippen LogP contribution is 2.38. The molecule has 0 aromatic heterocycles. The first-order chi connectivity index (χ1) is 17.9. The first-order valence-electron chi connectivity index (χ1n) is 11.3. The number of methoxy groups -OCH3 is 4. The highest BCUT2D eigenvalue weighted by Gasteiger charge is 2.25. The zero-order chi connectivity index (χ0) is 26.8. The summed E-state index contributed by atoms with van der Waals surface area (Å²) in [5, 5.41) is 11.9. The summed E-state index contributed by atoms with van der Waals surface area (Å²) in [5.41, 5.74) is 2.25. The van der Waals surface area contributed by atoms with Crippen molar-refractivity contribution >= 4 is 11.9 Å². The largest absolute Gasteiger partial charge is 0.497 e. The van der Waals surface area contributed by atoms with Gasteiger partial charge in [0, 0.05) is 12.1 Å². The number of nitrogens with zero attached hydrogens (tertiary/aromatic N) is 1. The minimum Gasteiger partial charge on any atom is -0.497 e. The average molecular weight is 505 g/mol. The fourth-order valence-electron chi connectivity index (χ4n) is 3.61. The smallest absolute Gasteiger partial charge is 0.311 e. The summed E-state index contributed by atoms with van der Waals surface area (Å²) >= 11 is 0. The normalized spacial score (nSPS) is 11.0. The third-order valence-electron chi connectivity index (χ3n) is 5.53. The van der Waals surface area contributed by atoms with E-state index in [1.165, 1.54) is 21.3 Å². The number of benzene rings is 3. The topological polar surface area (TPSA) is 116 Å². The monoisotopic (exact) mass is 504 g/mol. The van der Waals surface area contributed by atoms with Gasteiger partial charge in [-0.15, -0.1) is 0 Å². The van der Waals surface area contributed by atoms with E-state index in [0.717, 1.165) is 0 Å². The van der Waals surface area contributed by atoms with E-state index in [0.29, 0.717) is 45.3 Å². The van der Waals surface area contributed by atoms with Crippen LogP contribution < -0.4 is 24.3 Å². The average Bonchev–Trinajstić information content (AvgIpc) is 2.94. The summed E-state index contributed by atoms with van der Waals surface area (Å²) in [6.45, 7) is 0.109. The zero-order valence-corrected chi connectivity index (χ0v) is 21.1. The predicted molar refractivity (Wildman–Crippen MR) is 135 cm³/mol. The van der Waals surface area contributed by atoms with E-state index in [4.69, 9.17) is 28.9 Å². The molecule has 1 atom stereocenters. The standard InChI is InChI=1S/C28H28N2O7/c1-33-22-11-7-18(8-12-22)15-25(31)37-26(21-9-5-19(16-29)6-10-21)28(32)30-17-20-13-23(34-2)27(36-4)24(14-20)35-3/h5-14,26H,15,17H2,1-4H3,(H,30,32). The second-order valence-corrected chi connectivity index (χ2v) is 7.88. The van der Waals surface area contributed by atoms with Crippen LogP contribution >= 0.6 is 0 Å². The molecule has 0 saturated heterocycles. The van der Waals surface area contributed by atoms with Crippen molar-refractivity contribution in [1.29, 1.82) is 5.26 Å². The molecule has 0 aliphatic carbocycles. The van der Waals surface area contributed by atoms with Crippen molar-refractivity contribution in [3.05, 3.63) is 82.9 Å². The Labute approximate surface area is 215 Å². The Kier molecular flexibility index (Phi) is 9.33. The molecule has 9 heteroatoms. The summed E-state index contributed by atoms with van der Waals surface area (Å²) < 4.78 is 26.8. The van der Waals surface area contributed by atoms with Crippen LogP contribution in [0.5, 0.6) is 23.0 Å². The zero-order valence-electron chi connectivity index (χ0n) is 21.1. The molecule has 1 amide bonds. The van der Waals surface area contributed by atoms with Gasteiger partial charge in [0.05, 0.1) is 46.5 Å². The van der Waals surface area contributed by atoms with Crippen LogP contribution in [0.4, 0.5) is 0 Å². The lowest BCUT2D eigenvalue weighted by molar-refractivity contribution is -0.155. The molecule has 3 aromatic carbocycles. The van der Waals surface area contributed by atoms with Crippen LogP contribution in [0.25, 0.3) is 0 Å². The summed E-state index contributed by atoms with van der Waals surface area (Å²) in [5.74, 6) is 0.882. The van der Waals surface area contributed by atoms with E-state index in [2.05, 4.69) is 5.32 Å². The number of hydrogen-bond donors (Lipinski definition) is 1. The van der Waals surface area contributed by atoms with Gasteiger partial charge in [-0.3, -0.25) is 9.59 Å². The Morgan fingerprint density at radius 1 is 0.838 bits per heavy atom. The number of nitrogens with one attached hydrogen (secondary N) is 1.